The maximum atomic E-state index is 13.4. The Kier molecular flexibility index (Phi) is 5.35. The predicted molar refractivity (Wildman–Crippen MR) is 129 cm³/mol. The lowest BCUT2D eigenvalue weighted by Gasteiger charge is -2.39. The van der Waals surface area contributed by atoms with Gasteiger partial charge in [0, 0.05) is 19.0 Å². The van der Waals surface area contributed by atoms with E-state index >= 15 is 0 Å². The molecule has 0 aromatic heterocycles. The molecular weight excluding hydrogens is 394 g/mol. The van der Waals surface area contributed by atoms with E-state index in [2.05, 4.69) is 79.6 Å². The minimum absolute atomic E-state index is 0.0303. The van der Waals surface area contributed by atoms with Crippen LogP contribution in [0, 0.1) is 16.7 Å². The second-order valence-electron chi connectivity index (χ2n) is 10.7. The number of carbonyl (C=O) groups excluding carboxylic acids is 1. The van der Waals surface area contributed by atoms with Gasteiger partial charge in [0.1, 0.15) is 5.71 Å². The largest absolute Gasteiger partial charge is 0.348 e. The van der Waals surface area contributed by atoms with Gasteiger partial charge in [-0.2, -0.15) is 5.10 Å². The Morgan fingerprint density at radius 1 is 1.06 bits per heavy atom. The van der Waals surface area contributed by atoms with Crippen molar-refractivity contribution in [2.24, 2.45) is 21.8 Å². The maximum Gasteiger partial charge on any atom is 0.267 e. The Bertz CT molecular complexity index is 1000. The molecule has 4 heteroatoms. The molecule has 168 valence electrons. The first-order valence-corrected chi connectivity index (χ1v) is 12.1. The predicted octanol–water partition coefficient (Wildman–Crippen LogP) is 5.36. The average molecular weight is 430 g/mol. The van der Waals surface area contributed by atoms with Gasteiger partial charge in [-0.05, 0) is 53.6 Å². The molecule has 32 heavy (non-hydrogen) atoms. The van der Waals surface area contributed by atoms with Crippen molar-refractivity contribution in [1.29, 1.82) is 0 Å². The molecule has 1 unspecified atom stereocenters. The fraction of sp³-hybridized carbons (Fsp3) is 0.500. The van der Waals surface area contributed by atoms with Crippen LogP contribution in [0.4, 0.5) is 0 Å². The molecule has 1 aliphatic heterocycles. The minimum atomic E-state index is 0.0303. The summed E-state index contributed by atoms with van der Waals surface area (Å²) in [5, 5.41) is 10.4. The highest BCUT2D eigenvalue weighted by molar-refractivity contribution is 6.39. The van der Waals surface area contributed by atoms with Crippen LogP contribution < -0.4 is 5.32 Å². The van der Waals surface area contributed by atoms with E-state index in [0.717, 1.165) is 19.4 Å². The van der Waals surface area contributed by atoms with Crippen molar-refractivity contribution in [3.8, 4) is 0 Å². The zero-order valence-electron chi connectivity index (χ0n) is 19.6. The third-order valence-corrected chi connectivity index (χ3v) is 9.01. The van der Waals surface area contributed by atoms with Crippen LogP contribution in [0.2, 0.25) is 0 Å². The summed E-state index contributed by atoms with van der Waals surface area (Å²) in [6.07, 6.45) is 5.18. The Morgan fingerprint density at radius 3 is 2.38 bits per heavy atom. The number of carbonyl (C=O) groups is 1. The van der Waals surface area contributed by atoms with Gasteiger partial charge in [0.2, 0.25) is 0 Å². The fourth-order valence-corrected chi connectivity index (χ4v) is 6.42. The van der Waals surface area contributed by atoms with Gasteiger partial charge in [-0.15, -0.1) is 0 Å². The minimum Gasteiger partial charge on any atom is -0.348 e. The van der Waals surface area contributed by atoms with Gasteiger partial charge < -0.3 is 5.32 Å². The topological polar surface area (TPSA) is 44.7 Å². The van der Waals surface area contributed by atoms with Crippen LogP contribution in [0.15, 0.2) is 65.8 Å². The average Bonchev–Trinajstić information content (AvgIpc) is 3.39. The number of hydrogen-bond donors (Lipinski definition) is 1. The molecule has 4 nitrogen and oxygen atoms in total. The number of hydrogen-bond acceptors (Lipinski definition) is 3. The Hall–Kier alpha value is -2.62. The number of hydrazone groups is 1. The van der Waals surface area contributed by atoms with Crippen molar-refractivity contribution in [2.45, 2.75) is 65.0 Å². The van der Waals surface area contributed by atoms with E-state index in [1.807, 2.05) is 12.1 Å². The van der Waals surface area contributed by atoms with Crippen molar-refractivity contribution in [1.82, 2.24) is 10.3 Å². The monoisotopic (exact) mass is 429 g/mol. The lowest BCUT2D eigenvalue weighted by Crippen LogP contribution is -2.48. The molecular formula is C28H35N3O. The van der Waals surface area contributed by atoms with Gasteiger partial charge >= 0.3 is 0 Å². The highest BCUT2D eigenvalue weighted by atomic mass is 16.2. The molecule has 2 saturated carbocycles. The second-order valence-corrected chi connectivity index (χ2v) is 10.7. The Morgan fingerprint density at radius 2 is 1.75 bits per heavy atom. The number of rotatable bonds is 6. The van der Waals surface area contributed by atoms with Gasteiger partial charge in [-0.3, -0.25) is 9.80 Å². The van der Waals surface area contributed by atoms with Crippen LogP contribution in [0.3, 0.4) is 0 Å². The van der Waals surface area contributed by atoms with Crippen LogP contribution in [0.5, 0.6) is 0 Å². The van der Waals surface area contributed by atoms with Crippen LogP contribution in [0.25, 0.3) is 0 Å². The first-order chi connectivity index (χ1) is 15.4. The molecule has 0 radical (unpaired) electrons. The molecule has 1 N–H and O–H groups in total. The molecule has 2 fully saturated rings. The Balaban J connectivity index is 1.32. The first-order valence-electron chi connectivity index (χ1n) is 12.1. The van der Waals surface area contributed by atoms with Crippen molar-refractivity contribution in [2.75, 3.05) is 6.54 Å². The third-order valence-electron chi connectivity index (χ3n) is 9.01. The van der Waals surface area contributed by atoms with Gasteiger partial charge in [0.25, 0.3) is 5.91 Å². The molecule has 3 aliphatic rings. The van der Waals surface area contributed by atoms with E-state index in [1.54, 1.807) is 0 Å². The maximum absolute atomic E-state index is 13.4. The number of benzene rings is 2. The molecule has 1 heterocycles. The summed E-state index contributed by atoms with van der Waals surface area (Å²) >= 11 is 0. The van der Waals surface area contributed by atoms with E-state index in [-0.39, 0.29) is 28.8 Å². The molecule has 0 saturated heterocycles. The smallest absolute Gasteiger partial charge is 0.267 e. The van der Waals surface area contributed by atoms with E-state index in [9.17, 15) is 4.79 Å². The fourth-order valence-electron chi connectivity index (χ4n) is 6.42. The summed E-state index contributed by atoms with van der Waals surface area (Å²) in [5.41, 5.74) is 3.66. The lowest BCUT2D eigenvalue weighted by molar-refractivity contribution is -0.116. The molecule has 2 aromatic carbocycles. The Labute approximate surface area is 192 Å². The van der Waals surface area contributed by atoms with Crippen LogP contribution >= 0.6 is 0 Å². The molecule has 0 spiro atoms. The molecule has 5 rings (SSSR count). The zero-order valence-corrected chi connectivity index (χ0v) is 19.6. The van der Waals surface area contributed by atoms with E-state index in [0.29, 0.717) is 18.1 Å². The molecule has 2 bridgehead atoms. The number of nitrogens with zero attached hydrogens (tertiary/aromatic N) is 2. The van der Waals surface area contributed by atoms with E-state index in [1.165, 1.54) is 24.0 Å². The number of nitrogens with one attached hydrogen (secondary N) is 1. The van der Waals surface area contributed by atoms with Crippen molar-refractivity contribution < 1.29 is 4.79 Å². The quantitative estimate of drug-likeness (QED) is 0.671. The van der Waals surface area contributed by atoms with Crippen LogP contribution in [0.1, 0.15) is 63.6 Å². The number of amides is 1. The molecule has 4 atom stereocenters. The standard InChI is InChI=1S/C28H35N3O/c1-27(2)22-14-16-28(27,3)25(18-22)29-26(32)23-19-24(21-12-8-5-9-13-21)31(30-23)17-15-20-10-6-4-7-11-20/h4-13,22,24-25H,14-19H2,1-3H3,(H,29,32)/t22-,24?,25-,28-/m0/s1. The van der Waals surface area contributed by atoms with Crippen molar-refractivity contribution in [3.63, 3.8) is 0 Å². The molecule has 2 aliphatic carbocycles. The normalized spacial score (nSPS) is 30.4. The van der Waals surface area contributed by atoms with Crippen LogP contribution in [-0.2, 0) is 11.2 Å². The third kappa shape index (κ3) is 3.54. The van der Waals surface area contributed by atoms with Gasteiger partial charge in [-0.1, -0.05) is 81.4 Å². The zero-order chi connectivity index (χ0) is 22.3. The van der Waals surface area contributed by atoms with E-state index < -0.39 is 0 Å². The summed E-state index contributed by atoms with van der Waals surface area (Å²) in [6, 6.07) is 21.4. The molecule has 1 amide bonds. The van der Waals surface area contributed by atoms with E-state index in [4.69, 9.17) is 5.10 Å². The summed E-state index contributed by atoms with van der Waals surface area (Å²) in [7, 11) is 0. The highest BCUT2D eigenvalue weighted by Gasteiger charge is 2.61. The van der Waals surface area contributed by atoms with Crippen molar-refractivity contribution >= 4 is 11.6 Å². The summed E-state index contributed by atoms with van der Waals surface area (Å²) in [5.74, 6) is 0.741. The molecule has 2 aromatic rings. The van der Waals surface area contributed by atoms with Gasteiger partial charge in [-0.25, -0.2) is 0 Å². The van der Waals surface area contributed by atoms with Crippen LogP contribution in [-0.4, -0.2) is 29.2 Å². The SMILES string of the molecule is CC1(C)[C@H]2CC[C@@]1(C)[C@@H](NC(=O)C1=NN(CCc3ccccc3)C(c3ccccc3)C1)C2. The lowest BCUT2D eigenvalue weighted by atomic mass is 9.69. The summed E-state index contributed by atoms with van der Waals surface area (Å²) < 4.78 is 0. The first kappa shape index (κ1) is 21.2. The van der Waals surface area contributed by atoms with Gasteiger partial charge in [0.15, 0.2) is 0 Å². The summed E-state index contributed by atoms with van der Waals surface area (Å²) in [6.45, 7) is 7.96. The van der Waals surface area contributed by atoms with Gasteiger partial charge in [0.05, 0.1) is 6.04 Å². The summed E-state index contributed by atoms with van der Waals surface area (Å²) in [4.78, 5) is 13.4. The number of fused-ring (bicyclic) bond motifs is 2. The second kappa shape index (κ2) is 8.06. The van der Waals surface area contributed by atoms with Crippen molar-refractivity contribution in [3.05, 3.63) is 71.8 Å². The highest BCUT2D eigenvalue weighted by Crippen LogP contribution is 2.65.